The second kappa shape index (κ2) is 11.4. The minimum atomic E-state index is -4.92. The summed E-state index contributed by atoms with van der Waals surface area (Å²) < 4.78 is 83.3. The van der Waals surface area contributed by atoms with Crippen LogP contribution in [0.5, 0.6) is 0 Å². The monoisotopic (exact) mass is 619 g/mol. The van der Waals surface area contributed by atoms with Crippen molar-refractivity contribution in [3.05, 3.63) is 81.3 Å². The van der Waals surface area contributed by atoms with Crippen molar-refractivity contribution in [3.63, 3.8) is 0 Å². The van der Waals surface area contributed by atoms with Crippen LogP contribution >= 0.6 is 23.2 Å². The number of alkyl halides is 6. The minimum Gasteiger partial charge on any atom is -0.393 e. The van der Waals surface area contributed by atoms with Crippen LogP contribution in [0.3, 0.4) is 0 Å². The predicted molar refractivity (Wildman–Crippen MR) is 142 cm³/mol. The third-order valence-electron chi connectivity index (χ3n) is 6.11. The molecule has 1 unspecified atom stereocenters. The van der Waals surface area contributed by atoms with Crippen molar-refractivity contribution in [1.29, 1.82) is 0 Å². The highest BCUT2D eigenvalue weighted by molar-refractivity contribution is 6.34. The van der Waals surface area contributed by atoms with Gasteiger partial charge in [0, 0.05) is 33.2 Å². The van der Waals surface area contributed by atoms with Gasteiger partial charge < -0.3 is 15.0 Å². The van der Waals surface area contributed by atoms with E-state index in [0.29, 0.717) is 5.39 Å². The van der Waals surface area contributed by atoms with E-state index in [4.69, 9.17) is 32.9 Å². The van der Waals surface area contributed by atoms with Gasteiger partial charge in [-0.3, -0.25) is 4.79 Å². The van der Waals surface area contributed by atoms with E-state index in [1.165, 1.54) is 38.1 Å². The summed E-state index contributed by atoms with van der Waals surface area (Å²) in [5, 5.41) is 9.59. The van der Waals surface area contributed by atoms with Crippen LogP contribution in [0.15, 0.2) is 64.9 Å². The van der Waals surface area contributed by atoms with Crippen molar-refractivity contribution < 1.29 is 40.8 Å². The first-order chi connectivity index (χ1) is 19.1. The lowest BCUT2D eigenvalue weighted by atomic mass is 9.85. The van der Waals surface area contributed by atoms with Crippen molar-refractivity contribution in [1.82, 2.24) is 5.32 Å². The van der Waals surface area contributed by atoms with E-state index in [1.807, 2.05) is 0 Å². The molecule has 41 heavy (non-hydrogen) atoms. The normalized spacial score (nSPS) is 17.9. The summed E-state index contributed by atoms with van der Waals surface area (Å²) in [5.74, 6) is -0.864. The average Bonchev–Trinajstić information content (AvgIpc) is 3.33. The Morgan fingerprint density at radius 2 is 1.68 bits per heavy atom. The number of rotatable bonds is 7. The lowest BCUT2D eigenvalue weighted by molar-refractivity contribution is -0.275. The summed E-state index contributed by atoms with van der Waals surface area (Å²) in [7, 11) is 0. The van der Waals surface area contributed by atoms with E-state index < -0.39 is 48.6 Å². The molecule has 14 heteroatoms. The topological polar surface area (TPSA) is 72.3 Å². The second-order valence-electron chi connectivity index (χ2n) is 9.37. The van der Waals surface area contributed by atoms with Gasteiger partial charge in [-0.15, -0.1) is 0 Å². The molecule has 0 saturated carbocycles. The van der Waals surface area contributed by atoms with Crippen LogP contribution in [-0.2, 0) is 15.3 Å². The fourth-order valence-corrected chi connectivity index (χ4v) is 4.72. The molecule has 0 fully saturated rings. The summed E-state index contributed by atoms with van der Waals surface area (Å²) >= 11 is 11.9. The SMILES string of the molecule is CC(C)ON=C(CNC(=O)c1ccc(C2=NOC(c3cc(Cl)cc(Cl)c3)(C(F)(F)F)C2)c2ccccc12)C(F)(F)F. The van der Waals surface area contributed by atoms with Crippen LogP contribution in [-0.4, -0.2) is 42.3 Å². The standard InChI is InChI=1S/C27H21Cl2F6N3O3/c1-14(2)40-38-23(26(30,31)32)13-36-24(39)21-8-7-20(18-5-3-4-6-19(18)21)22-12-25(41-37-22,27(33,34)35)15-9-16(28)11-17(29)10-15/h3-11,14H,12-13H2,1-2H3,(H,36,39). The van der Waals surface area contributed by atoms with Gasteiger partial charge in [-0.25, -0.2) is 0 Å². The largest absolute Gasteiger partial charge is 0.435 e. The van der Waals surface area contributed by atoms with E-state index in [0.717, 1.165) is 12.1 Å². The number of carbonyl (C=O) groups is 1. The summed E-state index contributed by atoms with van der Waals surface area (Å²) in [6.07, 6.45) is -11.1. The highest BCUT2D eigenvalue weighted by Gasteiger charge is 2.62. The van der Waals surface area contributed by atoms with Gasteiger partial charge in [0.1, 0.15) is 6.10 Å². The summed E-state index contributed by atoms with van der Waals surface area (Å²) in [6, 6.07) is 12.3. The van der Waals surface area contributed by atoms with Gasteiger partial charge in [-0.1, -0.05) is 63.8 Å². The first-order valence-corrected chi connectivity index (χ1v) is 12.8. The number of fused-ring (bicyclic) bond motifs is 1. The van der Waals surface area contributed by atoms with E-state index in [-0.39, 0.29) is 37.8 Å². The third-order valence-corrected chi connectivity index (χ3v) is 6.55. The maximum absolute atomic E-state index is 14.4. The van der Waals surface area contributed by atoms with Gasteiger partial charge in [0.15, 0.2) is 5.71 Å². The highest BCUT2D eigenvalue weighted by atomic mass is 35.5. The highest BCUT2D eigenvalue weighted by Crippen LogP contribution is 2.50. The van der Waals surface area contributed by atoms with Gasteiger partial charge in [0.05, 0.1) is 12.3 Å². The molecule has 0 radical (unpaired) electrons. The lowest BCUT2D eigenvalue weighted by Gasteiger charge is -2.29. The van der Waals surface area contributed by atoms with Crippen LogP contribution in [0.1, 0.15) is 41.8 Å². The Hall–Kier alpha value is -3.51. The van der Waals surface area contributed by atoms with Crippen LogP contribution in [0.2, 0.25) is 10.0 Å². The molecule has 1 amide bonds. The van der Waals surface area contributed by atoms with E-state index >= 15 is 0 Å². The zero-order valence-electron chi connectivity index (χ0n) is 21.3. The number of halogens is 8. The summed E-state index contributed by atoms with van der Waals surface area (Å²) in [6.45, 7) is 2.01. The molecule has 4 rings (SSSR count). The van der Waals surface area contributed by atoms with Crippen molar-refractivity contribution in [3.8, 4) is 0 Å². The molecule has 1 N–H and O–H groups in total. The van der Waals surface area contributed by atoms with Crippen LogP contribution in [0.25, 0.3) is 10.8 Å². The molecular weight excluding hydrogens is 599 g/mol. The molecule has 1 atom stereocenters. The Morgan fingerprint density at radius 1 is 1.05 bits per heavy atom. The van der Waals surface area contributed by atoms with Crippen LogP contribution < -0.4 is 5.32 Å². The van der Waals surface area contributed by atoms with Gasteiger partial charge in [0.2, 0.25) is 0 Å². The van der Waals surface area contributed by atoms with Gasteiger partial charge in [0.25, 0.3) is 11.5 Å². The molecule has 0 bridgehead atoms. The number of hydrogen-bond acceptors (Lipinski definition) is 5. The van der Waals surface area contributed by atoms with E-state index in [9.17, 15) is 31.1 Å². The van der Waals surface area contributed by atoms with Gasteiger partial charge >= 0.3 is 12.4 Å². The number of amides is 1. The minimum absolute atomic E-state index is 0.0149. The number of benzene rings is 3. The molecule has 0 spiro atoms. The number of oxime groups is 2. The van der Waals surface area contributed by atoms with Gasteiger partial charge in [-0.2, -0.15) is 26.3 Å². The van der Waals surface area contributed by atoms with Crippen molar-refractivity contribution in [2.24, 2.45) is 10.3 Å². The molecule has 3 aromatic rings. The Morgan fingerprint density at radius 3 is 2.27 bits per heavy atom. The lowest BCUT2D eigenvalue weighted by Crippen LogP contribution is -2.42. The van der Waals surface area contributed by atoms with E-state index in [1.54, 1.807) is 18.2 Å². The third kappa shape index (κ3) is 6.38. The Kier molecular flexibility index (Phi) is 8.47. The zero-order valence-corrected chi connectivity index (χ0v) is 22.8. The Bertz CT molecular complexity index is 1520. The summed E-state index contributed by atoms with van der Waals surface area (Å²) in [4.78, 5) is 22.7. The van der Waals surface area contributed by atoms with Gasteiger partial charge in [-0.05, 0) is 48.9 Å². The molecule has 0 aromatic heterocycles. The molecule has 1 heterocycles. The molecule has 0 saturated heterocycles. The van der Waals surface area contributed by atoms with Crippen LogP contribution in [0, 0.1) is 0 Å². The second-order valence-corrected chi connectivity index (χ2v) is 10.2. The maximum atomic E-state index is 14.4. The number of hydrogen-bond donors (Lipinski definition) is 1. The Balaban J connectivity index is 1.67. The molecular formula is C27H21Cl2F6N3O3. The Labute approximate surface area is 239 Å². The first-order valence-electron chi connectivity index (χ1n) is 12.0. The first kappa shape index (κ1) is 30.4. The molecule has 0 aliphatic carbocycles. The zero-order chi connectivity index (χ0) is 30.2. The predicted octanol–water partition coefficient (Wildman–Crippen LogP) is 7.80. The average molecular weight is 620 g/mol. The molecule has 1 aliphatic rings. The quantitative estimate of drug-likeness (QED) is 0.167. The van der Waals surface area contributed by atoms with Crippen LogP contribution in [0.4, 0.5) is 26.3 Å². The number of carbonyl (C=O) groups excluding carboxylic acids is 1. The summed E-state index contributed by atoms with van der Waals surface area (Å²) in [5.41, 5.74) is -4.41. The molecule has 6 nitrogen and oxygen atoms in total. The smallest absolute Gasteiger partial charge is 0.393 e. The fourth-order valence-electron chi connectivity index (χ4n) is 4.20. The number of nitrogens with one attached hydrogen (secondary N) is 1. The number of nitrogens with zero attached hydrogens (tertiary/aromatic N) is 2. The van der Waals surface area contributed by atoms with Crippen molar-refractivity contribution in [2.45, 2.75) is 44.3 Å². The van der Waals surface area contributed by atoms with Crippen molar-refractivity contribution in [2.75, 3.05) is 6.54 Å². The molecule has 218 valence electrons. The molecule has 3 aromatic carbocycles. The van der Waals surface area contributed by atoms with E-state index in [2.05, 4.69) is 15.6 Å². The maximum Gasteiger partial charge on any atom is 0.435 e. The van der Waals surface area contributed by atoms with Crippen molar-refractivity contribution >= 4 is 51.3 Å². The fraction of sp³-hybridized carbons (Fsp3) is 0.296. The molecule has 1 aliphatic heterocycles.